The van der Waals surface area contributed by atoms with E-state index in [0.717, 1.165) is 31.7 Å². The van der Waals surface area contributed by atoms with E-state index in [-0.39, 0.29) is 22.8 Å². The predicted molar refractivity (Wildman–Crippen MR) is 75.3 cm³/mol. The zero-order valence-electron chi connectivity index (χ0n) is 11.3. The van der Waals surface area contributed by atoms with E-state index in [4.69, 9.17) is 15.6 Å². The van der Waals surface area contributed by atoms with Gasteiger partial charge in [-0.3, -0.25) is 10.1 Å². The van der Waals surface area contributed by atoms with E-state index >= 15 is 0 Å². The van der Waals surface area contributed by atoms with Crippen LogP contribution < -0.4 is 15.6 Å². The molecule has 116 valence electrons. The van der Waals surface area contributed by atoms with Crippen molar-refractivity contribution in [1.29, 1.82) is 0 Å². The van der Waals surface area contributed by atoms with Crippen LogP contribution in [0.1, 0.15) is 25.7 Å². The summed E-state index contributed by atoms with van der Waals surface area (Å²) in [5, 5.41) is 16.1. The Morgan fingerprint density at radius 2 is 1.95 bits per heavy atom. The van der Waals surface area contributed by atoms with Crippen molar-refractivity contribution in [3.63, 3.8) is 0 Å². The Kier molecular flexibility index (Phi) is 4.45. The van der Waals surface area contributed by atoms with Gasteiger partial charge >= 0.3 is 5.69 Å². The van der Waals surface area contributed by atoms with E-state index < -0.39 is 20.6 Å². The van der Waals surface area contributed by atoms with E-state index in [1.54, 1.807) is 0 Å². The molecule has 0 aromatic heterocycles. The first-order chi connectivity index (χ1) is 9.79. The molecule has 1 saturated carbocycles. The molecular formula is C12H17N3O5S. The van der Waals surface area contributed by atoms with E-state index in [2.05, 4.69) is 0 Å². The first kappa shape index (κ1) is 15.7. The van der Waals surface area contributed by atoms with E-state index in [9.17, 15) is 18.5 Å². The highest BCUT2D eigenvalue weighted by molar-refractivity contribution is 7.89. The summed E-state index contributed by atoms with van der Waals surface area (Å²) >= 11 is 0. The lowest BCUT2D eigenvalue weighted by molar-refractivity contribution is -0.386. The summed E-state index contributed by atoms with van der Waals surface area (Å²) in [5.74, 6) is 0.00903. The van der Waals surface area contributed by atoms with Crippen molar-refractivity contribution in [2.75, 3.05) is 0 Å². The summed E-state index contributed by atoms with van der Waals surface area (Å²) in [6.45, 7) is 0. The number of hydrogen-bond acceptors (Lipinski definition) is 6. The fourth-order valence-electron chi connectivity index (χ4n) is 2.35. The maximum Gasteiger partial charge on any atom is 0.312 e. The zero-order chi connectivity index (χ0) is 15.6. The molecule has 8 nitrogen and oxygen atoms in total. The molecule has 2 rings (SSSR count). The van der Waals surface area contributed by atoms with Crippen molar-refractivity contribution in [1.82, 2.24) is 0 Å². The van der Waals surface area contributed by atoms with Crippen LogP contribution in [0.3, 0.4) is 0 Å². The molecule has 2 atom stereocenters. The fraction of sp³-hybridized carbons (Fsp3) is 0.500. The molecule has 0 aliphatic heterocycles. The van der Waals surface area contributed by atoms with Gasteiger partial charge in [0, 0.05) is 12.1 Å². The van der Waals surface area contributed by atoms with Gasteiger partial charge in [0.05, 0.1) is 9.82 Å². The van der Waals surface area contributed by atoms with Crippen LogP contribution >= 0.6 is 0 Å². The molecule has 9 heteroatoms. The Balaban J connectivity index is 2.32. The summed E-state index contributed by atoms with van der Waals surface area (Å²) in [7, 11) is -4.00. The van der Waals surface area contributed by atoms with Gasteiger partial charge in [-0.2, -0.15) is 0 Å². The van der Waals surface area contributed by atoms with Crippen LogP contribution in [-0.2, 0) is 10.0 Å². The highest BCUT2D eigenvalue weighted by Gasteiger charge is 2.27. The molecule has 0 spiro atoms. The highest BCUT2D eigenvalue weighted by atomic mass is 32.2. The SMILES string of the molecule is NC1CCCCC1Oc1ccc(S(N)(=O)=O)cc1[N+](=O)[O-]. The third kappa shape index (κ3) is 3.69. The van der Waals surface area contributed by atoms with Crippen LogP contribution in [-0.4, -0.2) is 25.5 Å². The zero-order valence-corrected chi connectivity index (χ0v) is 12.1. The van der Waals surface area contributed by atoms with Crippen molar-refractivity contribution < 1.29 is 18.1 Å². The number of primary sulfonamides is 1. The number of sulfonamides is 1. The molecule has 1 aliphatic rings. The number of ether oxygens (including phenoxy) is 1. The van der Waals surface area contributed by atoms with Crippen molar-refractivity contribution in [3.05, 3.63) is 28.3 Å². The second-order valence-corrected chi connectivity index (χ2v) is 6.60. The van der Waals surface area contributed by atoms with Gasteiger partial charge in [-0.05, 0) is 31.4 Å². The molecule has 1 aromatic rings. The number of benzene rings is 1. The second kappa shape index (κ2) is 5.96. The third-order valence-corrected chi connectivity index (χ3v) is 4.40. The monoisotopic (exact) mass is 315 g/mol. The second-order valence-electron chi connectivity index (χ2n) is 5.04. The average molecular weight is 315 g/mol. The summed E-state index contributed by atoms with van der Waals surface area (Å²) < 4.78 is 28.1. The molecule has 1 fully saturated rings. The van der Waals surface area contributed by atoms with Gasteiger partial charge in [0.25, 0.3) is 0 Å². The molecule has 0 bridgehead atoms. The summed E-state index contributed by atoms with van der Waals surface area (Å²) in [6.07, 6.45) is 3.16. The maximum atomic E-state index is 11.3. The van der Waals surface area contributed by atoms with Crippen LogP contribution in [0.25, 0.3) is 0 Å². The first-order valence-electron chi connectivity index (χ1n) is 6.52. The Hall–Kier alpha value is -1.71. The van der Waals surface area contributed by atoms with Crippen molar-refractivity contribution >= 4 is 15.7 Å². The number of hydrogen-bond donors (Lipinski definition) is 2. The van der Waals surface area contributed by atoms with Gasteiger partial charge in [0.2, 0.25) is 10.0 Å². The Morgan fingerprint density at radius 1 is 1.29 bits per heavy atom. The summed E-state index contributed by atoms with van der Waals surface area (Å²) in [6, 6.07) is 3.15. The van der Waals surface area contributed by atoms with Gasteiger partial charge in [0.15, 0.2) is 5.75 Å². The minimum atomic E-state index is -4.00. The van der Waals surface area contributed by atoms with Crippen LogP contribution in [0.2, 0.25) is 0 Å². The minimum absolute atomic E-state index is 0.00903. The lowest BCUT2D eigenvalue weighted by Crippen LogP contribution is -2.41. The number of rotatable bonds is 4. The number of nitro groups is 1. The van der Waals surface area contributed by atoms with Crippen LogP contribution in [0.5, 0.6) is 5.75 Å². The van der Waals surface area contributed by atoms with Crippen molar-refractivity contribution in [3.8, 4) is 5.75 Å². The smallest absolute Gasteiger partial charge is 0.312 e. The quantitative estimate of drug-likeness (QED) is 0.625. The van der Waals surface area contributed by atoms with Gasteiger partial charge in [-0.15, -0.1) is 0 Å². The van der Waals surface area contributed by atoms with E-state index in [1.807, 2.05) is 0 Å². The molecule has 0 amide bonds. The molecule has 0 radical (unpaired) electrons. The Morgan fingerprint density at radius 3 is 2.52 bits per heavy atom. The molecular weight excluding hydrogens is 298 g/mol. The predicted octanol–water partition coefficient (Wildman–Crippen LogP) is 0.891. The number of nitrogens with two attached hydrogens (primary N) is 2. The van der Waals surface area contributed by atoms with E-state index in [0.29, 0.717) is 0 Å². The van der Waals surface area contributed by atoms with Gasteiger partial charge in [-0.25, -0.2) is 13.6 Å². The molecule has 21 heavy (non-hydrogen) atoms. The van der Waals surface area contributed by atoms with Gasteiger partial charge in [0.1, 0.15) is 6.10 Å². The Bertz CT molecular complexity index is 646. The molecule has 4 N–H and O–H groups in total. The largest absolute Gasteiger partial charge is 0.482 e. The van der Waals surface area contributed by atoms with E-state index in [1.165, 1.54) is 12.1 Å². The number of nitro benzene ring substituents is 1. The molecule has 0 heterocycles. The number of nitrogens with zero attached hydrogens (tertiary/aromatic N) is 1. The van der Waals surface area contributed by atoms with Crippen LogP contribution in [0.4, 0.5) is 5.69 Å². The topological polar surface area (TPSA) is 139 Å². The molecule has 1 aromatic carbocycles. The maximum absolute atomic E-state index is 11.3. The minimum Gasteiger partial charge on any atom is -0.482 e. The van der Waals surface area contributed by atoms with Crippen molar-refractivity contribution in [2.24, 2.45) is 10.9 Å². The average Bonchev–Trinajstić information content (AvgIpc) is 2.40. The molecule has 2 unspecified atom stereocenters. The first-order valence-corrected chi connectivity index (χ1v) is 8.07. The van der Waals surface area contributed by atoms with Crippen LogP contribution in [0.15, 0.2) is 23.1 Å². The highest BCUT2D eigenvalue weighted by Crippen LogP contribution is 2.32. The van der Waals surface area contributed by atoms with Gasteiger partial charge < -0.3 is 10.5 Å². The standard InChI is InChI=1S/C12H17N3O5S/c13-9-3-1-2-4-11(9)20-12-6-5-8(21(14,18)19)7-10(12)15(16)17/h5-7,9,11H,1-4,13H2,(H2,14,18,19). The van der Waals surface area contributed by atoms with Crippen molar-refractivity contribution in [2.45, 2.75) is 42.7 Å². The summed E-state index contributed by atoms with van der Waals surface area (Å²) in [4.78, 5) is 10.1. The molecule has 0 saturated heterocycles. The third-order valence-electron chi connectivity index (χ3n) is 3.49. The molecule has 1 aliphatic carbocycles. The Labute approximate surface area is 122 Å². The lowest BCUT2D eigenvalue weighted by Gasteiger charge is -2.28. The fourth-order valence-corrected chi connectivity index (χ4v) is 2.89. The lowest BCUT2D eigenvalue weighted by atomic mass is 9.93. The summed E-state index contributed by atoms with van der Waals surface area (Å²) in [5.41, 5.74) is 5.51. The normalized spacial score (nSPS) is 22.8. The van der Waals surface area contributed by atoms with Gasteiger partial charge in [-0.1, -0.05) is 6.42 Å². The van der Waals surface area contributed by atoms with Crippen LogP contribution in [0, 0.1) is 10.1 Å².